The predicted molar refractivity (Wildman–Crippen MR) is 188 cm³/mol. The van der Waals surface area contributed by atoms with Gasteiger partial charge in [-0.25, -0.2) is 0 Å². The molecule has 2 N–H and O–H groups in total. The maximum atomic E-state index is 11.4. The van der Waals surface area contributed by atoms with Gasteiger partial charge in [-0.2, -0.15) is 0 Å². The molecule has 0 aliphatic heterocycles. The van der Waals surface area contributed by atoms with Crippen molar-refractivity contribution in [2.45, 2.75) is 27.2 Å². The van der Waals surface area contributed by atoms with Crippen LogP contribution < -0.4 is 9.47 Å². The number of phenolic OH excluding ortho intramolecular Hbond substituents is 2. The van der Waals surface area contributed by atoms with E-state index >= 15 is 0 Å². The fourth-order valence-electron chi connectivity index (χ4n) is 5.97. The lowest BCUT2D eigenvalue weighted by molar-refractivity contribution is 0.248. The van der Waals surface area contributed by atoms with Gasteiger partial charge in [0.05, 0.1) is 13.2 Å². The molecule has 0 heterocycles. The number of aryl methyl sites for hydroxylation is 3. The number of phenols is 2. The van der Waals surface area contributed by atoms with Crippen molar-refractivity contribution in [3.8, 4) is 67.5 Å². The Balaban J connectivity index is 1.17. The second-order valence-corrected chi connectivity index (χ2v) is 11.6. The second-order valence-electron chi connectivity index (χ2n) is 11.6. The molecule has 0 saturated carbocycles. The van der Waals surface area contributed by atoms with Crippen LogP contribution in [-0.2, 0) is 0 Å². The van der Waals surface area contributed by atoms with Crippen LogP contribution in [0.2, 0.25) is 0 Å². The van der Waals surface area contributed by atoms with Crippen molar-refractivity contribution >= 4 is 0 Å². The first kappa shape index (κ1) is 30.5. The number of benzene rings is 6. The average Bonchev–Trinajstić information content (AvgIpc) is 3.07. The predicted octanol–water partition coefficient (Wildman–Crippen LogP) is 10.5. The normalized spacial score (nSPS) is 10.9. The summed E-state index contributed by atoms with van der Waals surface area (Å²) in [5.74, 6) is 1.88. The molecule has 6 rings (SSSR count). The highest BCUT2D eigenvalue weighted by Crippen LogP contribution is 2.44. The van der Waals surface area contributed by atoms with E-state index < -0.39 is 0 Å². The van der Waals surface area contributed by atoms with E-state index in [0.29, 0.717) is 31.1 Å². The van der Waals surface area contributed by atoms with Crippen LogP contribution in [0.15, 0.2) is 127 Å². The van der Waals surface area contributed by atoms with Gasteiger partial charge in [-0.15, -0.1) is 0 Å². The summed E-state index contributed by atoms with van der Waals surface area (Å²) in [4.78, 5) is 0. The molecule has 4 nitrogen and oxygen atoms in total. The number of ether oxygens (including phenoxy) is 2. The molecule has 0 saturated heterocycles. The molecule has 46 heavy (non-hydrogen) atoms. The van der Waals surface area contributed by atoms with Gasteiger partial charge in [0.25, 0.3) is 0 Å². The lowest BCUT2D eigenvalue weighted by Crippen LogP contribution is -2.06. The number of aromatic hydroxyl groups is 2. The minimum Gasteiger partial charge on any atom is -0.507 e. The largest absolute Gasteiger partial charge is 0.507 e. The van der Waals surface area contributed by atoms with Crippen molar-refractivity contribution in [3.05, 3.63) is 144 Å². The monoisotopic (exact) mass is 606 g/mol. The Morgan fingerprint density at radius 3 is 1.33 bits per heavy atom. The quantitative estimate of drug-likeness (QED) is 0.152. The van der Waals surface area contributed by atoms with Crippen LogP contribution in [0.5, 0.6) is 23.0 Å². The molecule has 6 aromatic carbocycles. The van der Waals surface area contributed by atoms with E-state index in [0.717, 1.165) is 61.2 Å². The molecule has 0 bridgehead atoms. The number of hydrogen-bond acceptors (Lipinski definition) is 4. The lowest BCUT2D eigenvalue weighted by Gasteiger charge is -2.17. The molecule has 0 fully saturated rings. The van der Waals surface area contributed by atoms with Gasteiger partial charge in [-0.3, -0.25) is 0 Å². The zero-order chi connectivity index (χ0) is 32.0. The Morgan fingerprint density at radius 1 is 0.413 bits per heavy atom. The van der Waals surface area contributed by atoms with E-state index in [4.69, 9.17) is 9.47 Å². The lowest BCUT2D eigenvalue weighted by atomic mass is 9.92. The van der Waals surface area contributed by atoms with Crippen molar-refractivity contribution in [3.63, 3.8) is 0 Å². The number of para-hydroxylation sites is 3. The van der Waals surface area contributed by atoms with Crippen LogP contribution in [0.1, 0.15) is 23.1 Å². The fraction of sp³-hybridized carbons (Fsp3) is 0.143. The molecule has 0 aliphatic rings. The summed E-state index contributed by atoms with van der Waals surface area (Å²) in [7, 11) is 0. The SMILES string of the molecule is Cc1cc(-c2ccccc2C)c(O)c(-c2ccccc2OCCCOc2ccccc2-c2cccc(-c3ccccc3C)c2O)c1. The molecule has 0 spiro atoms. The topological polar surface area (TPSA) is 58.9 Å². The molecule has 6 aromatic rings. The van der Waals surface area contributed by atoms with E-state index in [1.165, 1.54) is 0 Å². The molecule has 4 heteroatoms. The van der Waals surface area contributed by atoms with Crippen LogP contribution in [0.3, 0.4) is 0 Å². The molecule has 0 amide bonds. The molecule has 0 unspecified atom stereocenters. The Kier molecular flexibility index (Phi) is 9.07. The standard InChI is InChI=1S/C42H38O4/c1-28-26-37(32-17-7-5-15-30(32)3)42(44)38(27-28)34-19-9-11-23-40(34)46-25-13-24-45-39-22-10-8-18-33(39)36-21-12-20-35(41(36)43)31-16-6-4-14-29(31)2/h4-12,14-23,26-27,43-44H,13,24-25H2,1-3H3. The van der Waals surface area contributed by atoms with Crippen LogP contribution in [0.25, 0.3) is 44.5 Å². The zero-order valence-corrected chi connectivity index (χ0v) is 26.5. The van der Waals surface area contributed by atoms with Crippen LogP contribution >= 0.6 is 0 Å². The van der Waals surface area contributed by atoms with E-state index in [1.54, 1.807) is 0 Å². The van der Waals surface area contributed by atoms with Gasteiger partial charge >= 0.3 is 0 Å². The van der Waals surface area contributed by atoms with Gasteiger partial charge in [0, 0.05) is 39.8 Å². The summed E-state index contributed by atoms with van der Waals surface area (Å²) in [6.45, 7) is 7.02. The highest BCUT2D eigenvalue weighted by molar-refractivity contribution is 5.87. The van der Waals surface area contributed by atoms with Gasteiger partial charge in [0.1, 0.15) is 23.0 Å². The first-order valence-electron chi connectivity index (χ1n) is 15.6. The minimum absolute atomic E-state index is 0.234. The van der Waals surface area contributed by atoms with Gasteiger partial charge in [0.15, 0.2) is 0 Å². The van der Waals surface area contributed by atoms with Gasteiger partial charge in [-0.1, -0.05) is 103 Å². The zero-order valence-electron chi connectivity index (χ0n) is 26.5. The van der Waals surface area contributed by atoms with Crippen LogP contribution in [0, 0.1) is 20.8 Å². The van der Waals surface area contributed by atoms with Crippen molar-refractivity contribution < 1.29 is 19.7 Å². The Labute approximate surface area is 271 Å². The fourth-order valence-corrected chi connectivity index (χ4v) is 5.97. The molecule has 0 atom stereocenters. The van der Waals surface area contributed by atoms with Crippen molar-refractivity contribution in [2.75, 3.05) is 13.2 Å². The highest BCUT2D eigenvalue weighted by atomic mass is 16.5. The summed E-state index contributed by atoms with van der Waals surface area (Å²) in [5.41, 5.74) is 10.0. The van der Waals surface area contributed by atoms with E-state index in [9.17, 15) is 10.2 Å². The summed E-state index contributed by atoms with van der Waals surface area (Å²) in [6.07, 6.45) is 0.645. The molecule has 0 aliphatic carbocycles. The first-order valence-corrected chi connectivity index (χ1v) is 15.6. The summed E-state index contributed by atoms with van der Waals surface area (Å²) in [6, 6.07) is 41.6. The van der Waals surface area contributed by atoms with Crippen LogP contribution in [0.4, 0.5) is 0 Å². The highest BCUT2D eigenvalue weighted by Gasteiger charge is 2.18. The molecule has 0 radical (unpaired) electrons. The minimum atomic E-state index is 0.234. The van der Waals surface area contributed by atoms with Crippen molar-refractivity contribution in [1.29, 1.82) is 0 Å². The number of rotatable bonds is 10. The maximum Gasteiger partial charge on any atom is 0.131 e. The third-order valence-electron chi connectivity index (χ3n) is 8.32. The third kappa shape index (κ3) is 6.33. The molecule has 230 valence electrons. The van der Waals surface area contributed by atoms with E-state index in [2.05, 4.69) is 13.0 Å². The molecular weight excluding hydrogens is 568 g/mol. The second kappa shape index (κ2) is 13.7. The smallest absolute Gasteiger partial charge is 0.131 e. The summed E-state index contributed by atoms with van der Waals surface area (Å²) in [5, 5.41) is 22.8. The first-order chi connectivity index (χ1) is 22.4. The Bertz CT molecular complexity index is 1990. The molecular formula is C42H38O4. The molecule has 0 aromatic heterocycles. The van der Waals surface area contributed by atoms with Gasteiger partial charge in [0.2, 0.25) is 0 Å². The van der Waals surface area contributed by atoms with E-state index in [1.807, 2.05) is 135 Å². The maximum absolute atomic E-state index is 11.4. The average molecular weight is 607 g/mol. The van der Waals surface area contributed by atoms with Gasteiger partial charge in [-0.05, 0) is 72.9 Å². The number of hydrogen-bond donors (Lipinski definition) is 2. The Morgan fingerprint density at radius 2 is 0.783 bits per heavy atom. The third-order valence-corrected chi connectivity index (χ3v) is 8.32. The van der Waals surface area contributed by atoms with Gasteiger partial charge < -0.3 is 19.7 Å². The van der Waals surface area contributed by atoms with Crippen molar-refractivity contribution in [2.24, 2.45) is 0 Å². The van der Waals surface area contributed by atoms with Crippen molar-refractivity contribution in [1.82, 2.24) is 0 Å². The van der Waals surface area contributed by atoms with E-state index in [-0.39, 0.29) is 11.5 Å². The summed E-state index contributed by atoms with van der Waals surface area (Å²) < 4.78 is 12.5. The Hall–Kier alpha value is -5.48. The van der Waals surface area contributed by atoms with Crippen LogP contribution in [-0.4, -0.2) is 23.4 Å². The summed E-state index contributed by atoms with van der Waals surface area (Å²) >= 11 is 0.